The van der Waals surface area contributed by atoms with Gasteiger partial charge in [0.15, 0.2) is 0 Å². The summed E-state index contributed by atoms with van der Waals surface area (Å²) >= 11 is 0. The highest BCUT2D eigenvalue weighted by Gasteiger charge is 2.29. The molecule has 0 heterocycles. The van der Waals surface area contributed by atoms with E-state index in [9.17, 15) is 23.3 Å². The van der Waals surface area contributed by atoms with Crippen molar-refractivity contribution in [1.29, 1.82) is 0 Å². The number of nitrogens with one attached hydrogen (secondary N) is 1. The van der Waals surface area contributed by atoms with E-state index in [4.69, 9.17) is 5.11 Å². The highest BCUT2D eigenvalue weighted by atomic mass is 32.2. The highest BCUT2D eigenvalue weighted by molar-refractivity contribution is 7.89. The third kappa shape index (κ3) is 4.50. The van der Waals surface area contributed by atoms with Gasteiger partial charge in [0, 0.05) is 17.7 Å². The van der Waals surface area contributed by atoms with Crippen molar-refractivity contribution in [2.45, 2.75) is 37.6 Å². The Labute approximate surface area is 122 Å². The SMILES string of the molecule is Cc1cc([N+](=O)[O-])ccc1S(=O)(=O)NC(C)(C)CC(=O)O. The smallest absolute Gasteiger partial charge is 0.305 e. The number of hydrogen-bond acceptors (Lipinski definition) is 5. The molecule has 0 aliphatic rings. The molecule has 0 spiro atoms. The molecule has 0 aliphatic carbocycles. The maximum Gasteiger partial charge on any atom is 0.305 e. The molecule has 1 aromatic rings. The number of sulfonamides is 1. The molecule has 2 N–H and O–H groups in total. The number of nitro benzene ring substituents is 1. The van der Waals surface area contributed by atoms with Gasteiger partial charge in [-0.1, -0.05) is 0 Å². The van der Waals surface area contributed by atoms with Gasteiger partial charge < -0.3 is 5.11 Å². The van der Waals surface area contributed by atoms with Gasteiger partial charge in [-0.3, -0.25) is 14.9 Å². The molecule has 0 unspecified atom stereocenters. The maximum absolute atomic E-state index is 12.3. The van der Waals surface area contributed by atoms with Crippen molar-refractivity contribution in [3.05, 3.63) is 33.9 Å². The molecule has 0 saturated carbocycles. The van der Waals surface area contributed by atoms with E-state index < -0.39 is 32.9 Å². The van der Waals surface area contributed by atoms with Gasteiger partial charge in [-0.15, -0.1) is 0 Å². The normalized spacial score (nSPS) is 12.1. The second-order valence-corrected chi connectivity index (χ2v) is 6.92. The zero-order valence-electron chi connectivity index (χ0n) is 11.8. The summed E-state index contributed by atoms with van der Waals surface area (Å²) in [7, 11) is -3.97. The molecule has 0 amide bonds. The number of non-ortho nitro benzene ring substituents is 1. The molecule has 0 aromatic heterocycles. The van der Waals surface area contributed by atoms with Gasteiger partial charge in [-0.2, -0.15) is 0 Å². The molecule has 0 bridgehead atoms. The minimum absolute atomic E-state index is 0.119. The quantitative estimate of drug-likeness (QED) is 0.604. The van der Waals surface area contributed by atoms with E-state index in [2.05, 4.69) is 4.72 Å². The van der Waals surface area contributed by atoms with E-state index in [1.165, 1.54) is 20.8 Å². The molecule has 1 rings (SSSR count). The molecule has 0 atom stereocenters. The molecule has 21 heavy (non-hydrogen) atoms. The number of rotatable bonds is 6. The van der Waals surface area contributed by atoms with Gasteiger partial charge in [-0.05, 0) is 32.4 Å². The van der Waals surface area contributed by atoms with Crippen molar-refractivity contribution < 1.29 is 23.2 Å². The van der Waals surface area contributed by atoms with Gasteiger partial charge in [0.25, 0.3) is 5.69 Å². The minimum Gasteiger partial charge on any atom is -0.481 e. The molecular formula is C12H16N2O6S. The first kappa shape index (κ1) is 17.1. The summed E-state index contributed by atoms with van der Waals surface area (Å²) in [5.41, 5.74) is -1.18. The predicted molar refractivity (Wildman–Crippen MR) is 74.5 cm³/mol. The first-order chi connectivity index (χ1) is 9.44. The highest BCUT2D eigenvalue weighted by Crippen LogP contribution is 2.23. The van der Waals surface area contributed by atoms with E-state index in [1.54, 1.807) is 0 Å². The molecule has 1 aromatic carbocycles. The summed E-state index contributed by atoms with van der Waals surface area (Å²) in [5.74, 6) is -1.14. The first-order valence-corrected chi connectivity index (χ1v) is 7.44. The lowest BCUT2D eigenvalue weighted by molar-refractivity contribution is -0.385. The van der Waals surface area contributed by atoms with Crippen LogP contribution in [0.5, 0.6) is 0 Å². The van der Waals surface area contributed by atoms with Crippen molar-refractivity contribution >= 4 is 21.7 Å². The maximum atomic E-state index is 12.3. The topological polar surface area (TPSA) is 127 Å². The monoisotopic (exact) mass is 316 g/mol. The fourth-order valence-electron chi connectivity index (χ4n) is 1.88. The average molecular weight is 316 g/mol. The number of nitrogens with zero attached hydrogens (tertiary/aromatic N) is 1. The lowest BCUT2D eigenvalue weighted by atomic mass is 10.0. The fourth-order valence-corrected chi connectivity index (χ4v) is 3.52. The molecule has 116 valence electrons. The van der Waals surface area contributed by atoms with Crippen LogP contribution in [0, 0.1) is 17.0 Å². The molecule has 8 nitrogen and oxygen atoms in total. The van der Waals surface area contributed by atoms with Crippen LogP contribution in [0.1, 0.15) is 25.8 Å². The summed E-state index contributed by atoms with van der Waals surface area (Å²) in [6.45, 7) is 4.32. The number of carboxylic acids is 1. The van der Waals surface area contributed by atoms with Crippen LogP contribution in [0.15, 0.2) is 23.1 Å². The largest absolute Gasteiger partial charge is 0.481 e. The van der Waals surface area contributed by atoms with Crippen molar-refractivity contribution in [3.8, 4) is 0 Å². The molecular weight excluding hydrogens is 300 g/mol. The number of aliphatic carboxylic acids is 1. The van der Waals surface area contributed by atoms with Crippen LogP contribution in [-0.4, -0.2) is 30.0 Å². The third-order valence-electron chi connectivity index (χ3n) is 2.66. The Morgan fingerprint density at radius 1 is 1.43 bits per heavy atom. The summed E-state index contributed by atoms with van der Waals surface area (Å²) in [6.07, 6.45) is -0.391. The van der Waals surface area contributed by atoms with Crippen molar-refractivity contribution in [2.75, 3.05) is 0 Å². The van der Waals surface area contributed by atoms with E-state index in [-0.39, 0.29) is 16.1 Å². The predicted octanol–water partition coefficient (Wildman–Crippen LogP) is 1.43. The van der Waals surface area contributed by atoms with E-state index in [1.807, 2.05) is 0 Å². The van der Waals surface area contributed by atoms with Crippen molar-refractivity contribution in [1.82, 2.24) is 4.72 Å². The van der Waals surface area contributed by atoms with Crippen LogP contribution in [0.4, 0.5) is 5.69 Å². The van der Waals surface area contributed by atoms with Crippen LogP contribution in [0.25, 0.3) is 0 Å². The molecule has 0 radical (unpaired) electrons. The van der Waals surface area contributed by atoms with Gasteiger partial charge in [-0.25, -0.2) is 13.1 Å². The first-order valence-electron chi connectivity index (χ1n) is 5.95. The Hall–Kier alpha value is -2.00. The fraction of sp³-hybridized carbons (Fsp3) is 0.417. The van der Waals surface area contributed by atoms with Gasteiger partial charge in [0.2, 0.25) is 10.0 Å². The van der Waals surface area contributed by atoms with Gasteiger partial charge in [0.05, 0.1) is 16.2 Å². The van der Waals surface area contributed by atoms with Crippen LogP contribution in [0.3, 0.4) is 0 Å². The number of aryl methyl sites for hydroxylation is 1. The van der Waals surface area contributed by atoms with E-state index in [0.717, 1.165) is 18.2 Å². The number of carbonyl (C=O) groups is 1. The van der Waals surface area contributed by atoms with E-state index >= 15 is 0 Å². The summed E-state index contributed by atoms with van der Waals surface area (Å²) in [6, 6.07) is 3.37. The van der Waals surface area contributed by atoms with Crippen LogP contribution < -0.4 is 4.72 Å². The third-order valence-corrected chi connectivity index (χ3v) is 4.52. The molecule has 0 saturated heterocycles. The molecule has 9 heteroatoms. The van der Waals surface area contributed by atoms with Crippen LogP contribution >= 0.6 is 0 Å². The summed E-state index contributed by atoms with van der Waals surface area (Å²) in [4.78, 5) is 20.6. The van der Waals surface area contributed by atoms with E-state index in [0.29, 0.717) is 0 Å². The Morgan fingerprint density at radius 2 is 2.00 bits per heavy atom. The Morgan fingerprint density at radius 3 is 2.43 bits per heavy atom. The standard InChI is InChI=1S/C12H16N2O6S/c1-8-6-9(14(17)18)4-5-10(8)21(19,20)13-12(2,3)7-11(15)16/h4-6,13H,7H2,1-3H3,(H,15,16). The van der Waals surface area contributed by atoms with Gasteiger partial charge in [0.1, 0.15) is 0 Å². The lowest BCUT2D eigenvalue weighted by Gasteiger charge is -2.24. The second-order valence-electron chi connectivity index (χ2n) is 5.27. The zero-order chi connectivity index (χ0) is 16.4. The lowest BCUT2D eigenvalue weighted by Crippen LogP contribution is -2.44. The number of hydrogen-bond donors (Lipinski definition) is 2. The van der Waals surface area contributed by atoms with Crippen molar-refractivity contribution in [2.24, 2.45) is 0 Å². The summed E-state index contributed by atoms with van der Waals surface area (Å²) in [5, 5.41) is 19.4. The Bertz CT molecular complexity index is 681. The van der Waals surface area contributed by atoms with Crippen LogP contribution in [0.2, 0.25) is 0 Å². The Balaban J connectivity index is 3.14. The minimum atomic E-state index is -3.97. The number of benzene rings is 1. The number of carboxylic acid groups (broad SMARTS) is 1. The van der Waals surface area contributed by atoms with Crippen molar-refractivity contribution in [3.63, 3.8) is 0 Å². The average Bonchev–Trinajstić information content (AvgIpc) is 2.24. The second kappa shape index (κ2) is 5.78. The van der Waals surface area contributed by atoms with Gasteiger partial charge >= 0.3 is 5.97 Å². The zero-order valence-corrected chi connectivity index (χ0v) is 12.6. The summed E-state index contributed by atoms with van der Waals surface area (Å²) < 4.78 is 26.8. The Kier molecular flexibility index (Phi) is 4.69. The number of nitro groups is 1. The molecule has 0 fully saturated rings. The molecule has 0 aliphatic heterocycles. The van der Waals surface area contributed by atoms with Crippen LogP contribution in [-0.2, 0) is 14.8 Å².